The molecule has 22 heavy (non-hydrogen) atoms. The monoisotopic (exact) mass is 326 g/mol. The van der Waals surface area contributed by atoms with E-state index in [1.807, 2.05) is 18.2 Å². The molecule has 0 radical (unpaired) electrons. The summed E-state index contributed by atoms with van der Waals surface area (Å²) in [6.07, 6.45) is 2.75. The van der Waals surface area contributed by atoms with Crippen LogP contribution in [0.25, 0.3) is 0 Å². The lowest BCUT2D eigenvalue weighted by Gasteiger charge is -2.18. The van der Waals surface area contributed by atoms with Gasteiger partial charge in [0.05, 0.1) is 20.3 Å². The maximum Gasteiger partial charge on any atom is 1.00 e. The first-order valence-electron chi connectivity index (χ1n) is 6.60. The van der Waals surface area contributed by atoms with Gasteiger partial charge in [-0.05, 0) is 37.3 Å². The van der Waals surface area contributed by atoms with Gasteiger partial charge in [0.1, 0.15) is 11.5 Å². The van der Waals surface area contributed by atoms with E-state index in [0.29, 0.717) is 17.1 Å². The van der Waals surface area contributed by atoms with Gasteiger partial charge in [0.2, 0.25) is 0 Å². The number of benzene rings is 1. The summed E-state index contributed by atoms with van der Waals surface area (Å²) < 4.78 is 10.2. The van der Waals surface area contributed by atoms with E-state index in [-0.39, 0.29) is 19.9 Å². The molecule has 0 fully saturated rings. The minimum atomic E-state index is -0.755. The Labute approximate surface area is 139 Å². The van der Waals surface area contributed by atoms with Crippen molar-refractivity contribution < 1.29 is 28.4 Å². The van der Waals surface area contributed by atoms with Crippen LogP contribution in [0.4, 0.5) is 0 Å². The van der Waals surface area contributed by atoms with Crippen LogP contribution in [-0.2, 0) is 0 Å². The summed E-state index contributed by atoms with van der Waals surface area (Å²) in [6.45, 7) is 1.74. The van der Waals surface area contributed by atoms with Crippen molar-refractivity contribution in [1.29, 1.82) is 0 Å². The van der Waals surface area contributed by atoms with Gasteiger partial charge in [0.25, 0.3) is 0 Å². The van der Waals surface area contributed by atoms with Crippen LogP contribution < -0.4 is 27.6 Å². The number of pyridine rings is 1. The van der Waals surface area contributed by atoms with Gasteiger partial charge in [0.15, 0.2) is 0 Å². The lowest BCUT2D eigenvalue weighted by atomic mass is 10.0. The van der Waals surface area contributed by atoms with Crippen molar-refractivity contribution >= 4 is 0 Å². The Morgan fingerprint density at radius 2 is 1.77 bits per heavy atom. The molecule has 0 spiro atoms. The van der Waals surface area contributed by atoms with Crippen LogP contribution >= 0.6 is 0 Å². The fourth-order valence-corrected chi connectivity index (χ4v) is 1.67. The number of rotatable bonds is 4. The molecule has 2 aromatic rings. The minimum Gasteiger partial charge on any atom is -1.00 e. The summed E-state index contributed by atoms with van der Waals surface area (Å²) in [5.41, 5.74) is 6.28. The third-order valence-corrected chi connectivity index (χ3v) is 2.82. The molecule has 1 aromatic heterocycles. The lowest BCUT2D eigenvalue weighted by molar-refractivity contribution is -0.00000657. The zero-order valence-corrected chi connectivity index (χ0v) is 13.7. The topological polar surface area (TPSA) is 77.6 Å². The van der Waals surface area contributed by atoms with Crippen LogP contribution in [-0.4, -0.2) is 30.4 Å². The molecule has 0 amide bonds. The smallest absolute Gasteiger partial charge is 1.00 e. The van der Waals surface area contributed by atoms with Gasteiger partial charge < -0.3 is 32.7 Å². The summed E-state index contributed by atoms with van der Waals surface area (Å²) in [5.74, 6) is 1.28. The van der Waals surface area contributed by atoms with Crippen molar-refractivity contribution in [2.24, 2.45) is 5.73 Å². The molecule has 0 aliphatic carbocycles. The minimum absolute atomic E-state index is 0. The van der Waals surface area contributed by atoms with Crippen LogP contribution in [0, 0.1) is 0 Å². The summed E-state index contributed by atoms with van der Waals surface area (Å²) >= 11 is 0. The molecule has 1 aromatic carbocycles. The van der Waals surface area contributed by atoms with Gasteiger partial charge >= 0.3 is 1.43 Å². The Morgan fingerprint density at radius 1 is 1.14 bits per heavy atom. The van der Waals surface area contributed by atoms with E-state index in [9.17, 15) is 5.11 Å². The van der Waals surface area contributed by atoms with Crippen molar-refractivity contribution in [2.75, 3.05) is 14.2 Å². The lowest BCUT2D eigenvalue weighted by Crippen LogP contribution is -3.00. The van der Waals surface area contributed by atoms with E-state index in [1.54, 1.807) is 51.7 Å². The van der Waals surface area contributed by atoms with Crippen molar-refractivity contribution in [1.82, 2.24) is 4.98 Å². The second-order valence-electron chi connectivity index (χ2n) is 4.44. The van der Waals surface area contributed by atoms with E-state index >= 15 is 0 Å². The maximum absolute atomic E-state index is 9.87. The molecule has 5 nitrogen and oxygen atoms in total. The Bertz CT molecular complexity index is 503. The molecule has 0 aliphatic rings. The van der Waals surface area contributed by atoms with E-state index in [0.717, 1.165) is 0 Å². The standard InChI is InChI=1S/C11H17NO3.C5H5N.ClH/c1-7(12)11(13)9-6-8(14-2)4-5-10(9)15-3;1-2-4-6-5-3-1;/h4-7,11,13H,12H2,1-3H3;1-5H;1H. The predicted octanol–water partition coefficient (Wildman–Crippen LogP) is -0.717. The normalized spacial score (nSPS) is 12.0. The first-order valence-corrected chi connectivity index (χ1v) is 6.60. The van der Waals surface area contributed by atoms with Crippen LogP contribution in [0.3, 0.4) is 0 Å². The van der Waals surface area contributed by atoms with Gasteiger partial charge in [-0.3, -0.25) is 4.98 Å². The zero-order chi connectivity index (χ0) is 15.7. The molecule has 6 heteroatoms. The number of aromatic nitrogens is 1. The molecule has 122 valence electrons. The number of aliphatic hydroxyl groups is 1. The van der Waals surface area contributed by atoms with Gasteiger partial charge in [-0.1, -0.05) is 6.07 Å². The first kappa shape index (κ1) is 20.2. The summed E-state index contributed by atoms with van der Waals surface area (Å²) in [4.78, 5) is 3.78. The Balaban J connectivity index is 0. The Kier molecular flexibility index (Phi) is 9.95. The number of ether oxygens (including phenoxy) is 2. The van der Waals surface area contributed by atoms with Crippen LogP contribution in [0.1, 0.15) is 20.0 Å². The highest BCUT2D eigenvalue weighted by Crippen LogP contribution is 2.30. The molecular formula is C16H23ClN2O3. The zero-order valence-electron chi connectivity index (χ0n) is 13.9. The number of methoxy groups -OCH3 is 2. The number of nitrogens with zero attached hydrogens (tertiary/aromatic N) is 1. The maximum atomic E-state index is 9.87. The van der Waals surface area contributed by atoms with Crippen molar-refractivity contribution in [3.05, 3.63) is 54.4 Å². The van der Waals surface area contributed by atoms with Gasteiger partial charge in [0, 0.05) is 24.0 Å². The molecule has 0 saturated carbocycles. The molecule has 2 atom stereocenters. The molecule has 0 saturated heterocycles. The average Bonchev–Trinajstić information content (AvgIpc) is 2.55. The highest BCUT2D eigenvalue weighted by Gasteiger charge is 2.17. The van der Waals surface area contributed by atoms with Crippen molar-refractivity contribution in [2.45, 2.75) is 19.1 Å². The highest BCUT2D eigenvalue weighted by atomic mass is 35.5. The number of hydrogen-bond acceptors (Lipinski definition) is 5. The third-order valence-electron chi connectivity index (χ3n) is 2.82. The van der Waals surface area contributed by atoms with E-state index in [4.69, 9.17) is 15.2 Å². The second-order valence-corrected chi connectivity index (χ2v) is 4.44. The van der Waals surface area contributed by atoms with Gasteiger partial charge in [-0.2, -0.15) is 0 Å². The fourth-order valence-electron chi connectivity index (χ4n) is 1.67. The SMILES string of the molecule is COc1ccc(OC)c(C(O)C(C)N)c1.[Cl-].[H+].c1ccncc1. The van der Waals surface area contributed by atoms with Gasteiger partial charge in [-0.15, -0.1) is 0 Å². The average molecular weight is 327 g/mol. The van der Waals surface area contributed by atoms with E-state index < -0.39 is 6.10 Å². The van der Waals surface area contributed by atoms with Gasteiger partial charge in [-0.25, -0.2) is 0 Å². The third kappa shape index (κ3) is 6.30. The Hall–Kier alpha value is -1.82. The van der Waals surface area contributed by atoms with Crippen LogP contribution in [0.5, 0.6) is 11.5 Å². The molecule has 2 unspecified atom stereocenters. The van der Waals surface area contributed by atoms with E-state index in [2.05, 4.69) is 4.98 Å². The Morgan fingerprint density at radius 3 is 2.14 bits per heavy atom. The summed E-state index contributed by atoms with van der Waals surface area (Å²) in [6, 6.07) is 10.6. The number of hydrogen-bond donors (Lipinski definition) is 2. The highest BCUT2D eigenvalue weighted by molar-refractivity contribution is 5.42. The van der Waals surface area contributed by atoms with Crippen LogP contribution in [0.2, 0.25) is 0 Å². The quantitative estimate of drug-likeness (QED) is 0.775. The van der Waals surface area contributed by atoms with Crippen molar-refractivity contribution in [3.8, 4) is 11.5 Å². The number of halogens is 1. The predicted molar refractivity (Wildman–Crippen MR) is 83.5 cm³/mol. The second kappa shape index (κ2) is 10.8. The molecule has 1 heterocycles. The fraction of sp³-hybridized carbons (Fsp3) is 0.312. The molecule has 0 bridgehead atoms. The first-order chi connectivity index (χ1) is 10.1. The number of aliphatic hydroxyl groups excluding tert-OH is 1. The molecule has 0 aliphatic heterocycles. The van der Waals surface area contributed by atoms with Crippen molar-refractivity contribution in [3.63, 3.8) is 0 Å². The number of nitrogens with two attached hydrogens (primary N) is 1. The van der Waals surface area contributed by atoms with Crippen LogP contribution in [0.15, 0.2) is 48.8 Å². The van der Waals surface area contributed by atoms with E-state index in [1.165, 1.54) is 0 Å². The summed E-state index contributed by atoms with van der Waals surface area (Å²) in [5, 5.41) is 9.87. The molecule has 3 N–H and O–H groups in total. The molecular weight excluding hydrogens is 304 g/mol. The summed E-state index contributed by atoms with van der Waals surface area (Å²) in [7, 11) is 3.13. The largest absolute Gasteiger partial charge is 1.00 e. The molecule has 2 rings (SSSR count).